The number of hydrogen-bond donors (Lipinski definition) is 1. The van der Waals surface area contributed by atoms with E-state index in [9.17, 15) is 18.0 Å². The van der Waals surface area contributed by atoms with E-state index in [1.807, 2.05) is 0 Å². The van der Waals surface area contributed by atoms with Gasteiger partial charge >= 0.3 is 12.1 Å². The Morgan fingerprint density at radius 1 is 1.26 bits per heavy atom. The van der Waals surface area contributed by atoms with Crippen molar-refractivity contribution in [3.8, 4) is 0 Å². The minimum atomic E-state index is -4.37. The third-order valence-corrected chi connectivity index (χ3v) is 2.06. The number of anilines is 1. The van der Waals surface area contributed by atoms with E-state index in [4.69, 9.17) is 10.5 Å². The lowest BCUT2D eigenvalue weighted by molar-refractivity contribution is -0.177. The second-order valence-corrected chi connectivity index (χ2v) is 3.81. The summed E-state index contributed by atoms with van der Waals surface area (Å²) >= 11 is 0. The van der Waals surface area contributed by atoms with Crippen LogP contribution in [0.2, 0.25) is 0 Å². The second kappa shape index (κ2) is 6.98. The molecule has 0 aliphatic carbocycles. The Labute approximate surface area is 108 Å². The first-order valence-corrected chi connectivity index (χ1v) is 5.51. The van der Waals surface area contributed by atoms with Gasteiger partial charge in [0, 0.05) is 5.69 Å². The van der Waals surface area contributed by atoms with Crippen LogP contribution in [0.15, 0.2) is 24.3 Å². The van der Waals surface area contributed by atoms with Crippen LogP contribution < -0.4 is 5.73 Å². The molecular formula is C12H14F3NO3. The van der Waals surface area contributed by atoms with Crippen LogP contribution in [0.25, 0.3) is 0 Å². The zero-order chi connectivity index (χ0) is 14.3. The average molecular weight is 277 g/mol. The molecule has 1 aromatic rings. The van der Waals surface area contributed by atoms with Crippen LogP contribution in [0.5, 0.6) is 0 Å². The molecule has 19 heavy (non-hydrogen) atoms. The summed E-state index contributed by atoms with van der Waals surface area (Å²) in [6.07, 6.45) is -4.35. The Hall–Kier alpha value is -1.76. The molecule has 0 radical (unpaired) electrons. The highest BCUT2D eigenvalue weighted by molar-refractivity contribution is 5.72. The SMILES string of the molecule is Nc1cccc(CC(=O)OCCOCC(F)(F)F)c1. The van der Waals surface area contributed by atoms with Gasteiger partial charge in [0.2, 0.25) is 0 Å². The molecule has 0 aromatic heterocycles. The van der Waals surface area contributed by atoms with Crippen LogP contribution in [0, 0.1) is 0 Å². The molecule has 4 nitrogen and oxygen atoms in total. The maximum atomic E-state index is 11.7. The van der Waals surface area contributed by atoms with Gasteiger partial charge in [0.25, 0.3) is 0 Å². The van der Waals surface area contributed by atoms with Crippen molar-refractivity contribution in [1.82, 2.24) is 0 Å². The highest BCUT2D eigenvalue weighted by atomic mass is 19.4. The molecule has 0 spiro atoms. The second-order valence-electron chi connectivity index (χ2n) is 3.81. The van der Waals surface area contributed by atoms with Crippen molar-refractivity contribution in [3.05, 3.63) is 29.8 Å². The third-order valence-electron chi connectivity index (χ3n) is 2.06. The highest BCUT2D eigenvalue weighted by Crippen LogP contribution is 2.14. The maximum Gasteiger partial charge on any atom is 0.411 e. The van der Waals surface area contributed by atoms with Crippen molar-refractivity contribution in [2.45, 2.75) is 12.6 Å². The fourth-order valence-electron chi connectivity index (χ4n) is 1.32. The zero-order valence-corrected chi connectivity index (χ0v) is 10.1. The number of rotatable bonds is 6. The van der Waals surface area contributed by atoms with Crippen LogP contribution in [0.1, 0.15) is 5.56 Å². The monoisotopic (exact) mass is 277 g/mol. The Morgan fingerprint density at radius 2 is 2.00 bits per heavy atom. The normalized spacial score (nSPS) is 11.3. The Kier molecular flexibility index (Phi) is 5.62. The van der Waals surface area contributed by atoms with Crippen LogP contribution in [-0.4, -0.2) is 32.0 Å². The van der Waals surface area contributed by atoms with Crippen LogP contribution in [0.3, 0.4) is 0 Å². The van der Waals surface area contributed by atoms with Crippen molar-refractivity contribution < 1.29 is 27.4 Å². The van der Waals surface area contributed by atoms with Gasteiger partial charge in [0.15, 0.2) is 0 Å². The lowest BCUT2D eigenvalue weighted by Crippen LogP contribution is -2.20. The van der Waals surface area contributed by atoms with E-state index in [1.165, 1.54) is 0 Å². The summed E-state index contributed by atoms with van der Waals surface area (Å²) in [5.41, 5.74) is 6.74. The molecule has 0 saturated heterocycles. The van der Waals surface area contributed by atoms with Gasteiger partial charge in [-0.05, 0) is 17.7 Å². The number of nitrogens with two attached hydrogens (primary N) is 1. The standard InChI is InChI=1S/C12H14F3NO3/c13-12(14,15)8-18-4-5-19-11(17)7-9-2-1-3-10(16)6-9/h1-3,6H,4-5,7-8,16H2. The van der Waals surface area contributed by atoms with Gasteiger partial charge in [-0.1, -0.05) is 12.1 Å². The van der Waals surface area contributed by atoms with Gasteiger partial charge in [0.05, 0.1) is 13.0 Å². The van der Waals surface area contributed by atoms with E-state index >= 15 is 0 Å². The number of hydrogen-bond acceptors (Lipinski definition) is 4. The number of benzene rings is 1. The molecule has 0 aliphatic rings. The number of ether oxygens (including phenoxy) is 2. The first-order valence-electron chi connectivity index (χ1n) is 5.51. The molecule has 0 amide bonds. The van der Waals surface area contributed by atoms with E-state index in [1.54, 1.807) is 24.3 Å². The van der Waals surface area contributed by atoms with E-state index in [0.717, 1.165) is 0 Å². The van der Waals surface area contributed by atoms with Crippen molar-refractivity contribution >= 4 is 11.7 Å². The molecule has 0 atom stereocenters. The van der Waals surface area contributed by atoms with Crippen molar-refractivity contribution in [2.24, 2.45) is 0 Å². The predicted molar refractivity (Wildman–Crippen MR) is 62.4 cm³/mol. The average Bonchev–Trinajstić information content (AvgIpc) is 2.26. The summed E-state index contributed by atoms with van der Waals surface area (Å²) in [7, 11) is 0. The highest BCUT2D eigenvalue weighted by Gasteiger charge is 2.27. The predicted octanol–water partition coefficient (Wildman–Crippen LogP) is 1.93. The molecule has 1 rings (SSSR count). The number of esters is 1. The maximum absolute atomic E-state index is 11.7. The third kappa shape index (κ3) is 7.30. The van der Waals surface area contributed by atoms with Crippen molar-refractivity contribution in [2.75, 3.05) is 25.6 Å². The number of carbonyl (C=O) groups excluding carboxylic acids is 1. The fraction of sp³-hybridized carbons (Fsp3) is 0.417. The molecule has 0 aliphatic heterocycles. The molecule has 0 bridgehead atoms. The quantitative estimate of drug-likeness (QED) is 0.490. The van der Waals surface area contributed by atoms with Crippen LogP contribution in [0.4, 0.5) is 18.9 Å². The Balaban J connectivity index is 2.18. The molecule has 2 N–H and O–H groups in total. The molecule has 1 aromatic carbocycles. The summed E-state index contributed by atoms with van der Waals surface area (Å²) in [4.78, 5) is 11.3. The van der Waals surface area contributed by atoms with Gasteiger partial charge < -0.3 is 15.2 Å². The molecule has 106 valence electrons. The molecule has 0 unspecified atom stereocenters. The van der Waals surface area contributed by atoms with E-state index in [2.05, 4.69) is 4.74 Å². The number of alkyl halides is 3. The lowest BCUT2D eigenvalue weighted by Gasteiger charge is -2.08. The van der Waals surface area contributed by atoms with Crippen molar-refractivity contribution in [3.63, 3.8) is 0 Å². The zero-order valence-electron chi connectivity index (χ0n) is 10.1. The minimum Gasteiger partial charge on any atom is -0.463 e. The summed E-state index contributed by atoms with van der Waals surface area (Å²) in [5, 5.41) is 0. The largest absolute Gasteiger partial charge is 0.463 e. The molecule has 0 saturated carbocycles. The first kappa shape index (κ1) is 15.3. The number of halogens is 3. The molecule has 0 heterocycles. The first-order chi connectivity index (χ1) is 8.87. The fourth-order valence-corrected chi connectivity index (χ4v) is 1.32. The smallest absolute Gasteiger partial charge is 0.411 e. The minimum absolute atomic E-state index is 0.0182. The van der Waals surface area contributed by atoms with Crippen molar-refractivity contribution in [1.29, 1.82) is 0 Å². The van der Waals surface area contributed by atoms with Gasteiger partial charge in [-0.3, -0.25) is 4.79 Å². The summed E-state index contributed by atoms with van der Waals surface area (Å²) in [5.74, 6) is -0.541. The lowest BCUT2D eigenvalue weighted by atomic mass is 10.1. The van der Waals surface area contributed by atoms with E-state index in [-0.39, 0.29) is 19.6 Å². The van der Waals surface area contributed by atoms with Gasteiger partial charge in [0.1, 0.15) is 13.2 Å². The van der Waals surface area contributed by atoms with E-state index in [0.29, 0.717) is 11.3 Å². The van der Waals surface area contributed by atoms with Gasteiger partial charge in [-0.2, -0.15) is 13.2 Å². The Bertz CT molecular complexity index is 421. The summed E-state index contributed by atoms with van der Waals surface area (Å²) in [6, 6.07) is 6.71. The molecule has 7 heteroatoms. The summed E-state index contributed by atoms with van der Waals surface area (Å²) < 4.78 is 44.2. The summed E-state index contributed by atoms with van der Waals surface area (Å²) in [6.45, 7) is -1.85. The topological polar surface area (TPSA) is 61.6 Å². The van der Waals surface area contributed by atoms with Crippen LogP contribution >= 0.6 is 0 Å². The van der Waals surface area contributed by atoms with Gasteiger partial charge in [-0.25, -0.2) is 0 Å². The van der Waals surface area contributed by atoms with Crippen LogP contribution in [-0.2, 0) is 20.7 Å². The number of nitrogen functional groups attached to an aromatic ring is 1. The molecule has 0 fully saturated rings. The van der Waals surface area contributed by atoms with E-state index < -0.39 is 18.8 Å². The Morgan fingerprint density at radius 3 is 2.63 bits per heavy atom. The van der Waals surface area contributed by atoms with Gasteiger partial charge in [-0.15, -0.1) is 0 Å². The number of carbonyl (C=O) groups is 1. The molecular weight excluding hydrogens is 263 g/mol.